The number of fused-ring (bicyclic) bond motifs is 5. The number of nitroso groups, excluding NO2 is 1. The molecule has 20 heavy (non-hydrogen) atoms. The molecule has 0 radical (unpaired) electrons. The van der Waals surface area contributed by atoms with Crippen molar-refractivity contribution in [3.05, 3.63) is 34.2 Å². The smallest absolute Gasteiger partial charge is 0.370 e. The zero-order valence-corrected chi connectivity index (χ0v) is 10.5. The fraction of sp³-hybridized carbons (Fsp3) is 0.538. The Labute approximate surface area is 113 Å². The first-order valence-electron chi connectivity index (χ1n) is 6.36. The maximum Gasteiger partial charge on any atom is 0.428 e. The summed E-state index contributed by atoms with van der Waals surface area (Å²) < 4.78 is 37.8. The number of likely N-dealkylation sites (tertiary alicyclic amines) is 1. The highest BCUT2D eigenvalue weighted by Gasteiger charge is 2.47. The quantitative estimate of drug-likeness (QED) is 0.850. The first-order chi connectivity index (χ1) is 9.40. The average molecular weight is 286 g/mol. The van der Waals surface area contributed by atoms with E-state index in [0.29, 0.717) is 5.69 Å². The van der Waals surface area contributed by atoms with E-state index in [4.69, 9.17) is 0 Å². The molecule has 3 rings (SSSR count). The maximum atomic E-state index is 12.6. The third-order valence-electron chi connectivity index (χ3n) is 4.17. The van der Waals surface area contributed by atoms with E-state index in [1.807, 2.05) is 0 Å². The Morgan fingerprint density at radius 1 is 1.25 bits per heavy atom. The Bertz CT molecular complexity index is 547. The van der Waals surface area contributed by atoms with E-state index in [0.717, 1.165) is 22.4 Å². The van der Waals surface area contributed by atoms with Crippen LogP contribution in [0.2, 0.25) is 0 Å². The van der Waals surface area contributed by atoms with E-state index in [1.54, 1.807) is 18.2 Å². The minimum atomic E-state index is -4.64. The highest BCUT2D eigenvalue weighted by Crippen LogP contribution is 2.48. The van der Waals surface area contributed by atoms with Crippen molar-refractivity contribution in [2.75, 3.05) is 13.1 Å². The molecule has 1 aliphatic carbocycles. The van der Waals surface area contributed by atoms with Crippen molar-refractivity contribution in [2.24, 2.45) is 5.18 Å². The van der Waals surface area contributed by atoms with Crippen LogP contribution in [-0.2, 0) is 0 Å². The molecule has 0 spiro atoms. The van der Waals surface area contributed by atoms with Gasteiger partial charge < -0.3 is 5.11 Å². The number of benzene rings is 1. The number of aliphatic hydroxyl groups excluding tert-OH is 1. The van der Waals surface area contributed by atoms with Crippen LogP contribution in [0.15, 0.2) is 23.4 Å². The molecule has 1 aromatic carbocycles. The molecular formula is C13H13F3N2O2. The molecule has 1 saturated heterocycles. The molecule has 1 N–H and O–H groups in total. The Balaban J connectivity index is 1.88. The Hall–Kier alpha value is -1.47. The summed E-state index contributed by atoms with van der Waals surface area (Å²) in [5.41, 5.74) is 2.16. The number of nitrogens with zero attached hydrogens (tertiary/aromatic N) is 2. The van der Waals surface area contributed by atoms with E-state index < -0.39 is 12.4 Å². The third-order valence-corrected chi connectivity index (χ3v) is 4.17. The van der Waals surface area contributed by atoms with E-state index in [9.17, 15) is 23.2 Å². The van der Waals surface area contributed by atoms with E-state index in [-0.39, 0.29) is 24.9 Å². The first-order valence-corrected chi connectivity index (χ1v) is 6.36. The SMILES string of the molecule is O=Nc1ccc2c(c1)C1CC2CN(C(O)C(F)(F)F)C1. The lowest BCUT2D eigenvalue weighted by Gasteiger charge is -2.36. The summed E-state index contributed by atoms with van der Waals surface area (Å²) >= 11 is 0. The first kappa shape index (κ1) is 13.5. The number of halogens is 3. The predicted octanol–water partition coefficient (Wildman–Crippen LogP) is 2.85. The van der Waals surface area contributed by atoms with Crippen LogP contribution in [0.3, 0.4) is 0 Å². The fourth-order valence-corrected chi connectivity index (χ4v) is 3.33. The topological polar surface area (TPSA) is 52.9 Å². The second-order valence-corrected chi connectivity index (χ2v) is 5.40. The van der Waals surface area contributed by atoms with E-state index in [2.05, 4.69) is 5.18 Å². The molecule has 0 aromatic heterocycles. The molecule has 3 atom stereocenters. The van der Waals surface area contributed by atoms with Crippen LogP contribution in [0.1, 0.15) is 29.4 Å². The van der Waals surface area contributed by atoms with Crippen molar-refractivity contribution in [1.82, 2.24) is 4.90 Å². The standard InChI is InChI=1S/C13H13F3N2O2/c14-13(15,16)12(19)18-5-7-3-8(6-18)11-4-9(17-20)1-2-10(7)11/h1-2,4,7-8,12,19H,3,5-6H2. The lowest BCUT2D eigenvalue weighted by Crippen LogP contribution is -2.49. The van der Waals surface area contributed by atoms with E-state index >= 15 is 0 Å². The van der Waals surface area contributed by atoms with Crippen LogP contribution in [0, 0.1) is 4.91 Å². The number of hydrogen-bond donors (Lipinski definition) is 1. The Morgan fingerprint density at radius 2 is 1.90 bits per heavy atom. The predicted molar refractivity (Wildman–Crippen MR) is 65.6 cm³/mol. The van der Waals surface area contributed by atoms with Gasteiger partial charge in [0, 0.05) is 13.1 Å². The zero-order chi connectivity index (χ0) is 14.5. The molecule has 0 saturated carbocycles. The van der Waals surface area contributed by atoms with Crippen molar-refractivity contribution in [1.29, 1.82) is 0 Å². The molecule has 7 heteroatoms. The van der Waals surface area contributed by atoms with Crippen LogP contribution < -0.4 is 0 Å². The van der Waals surface area contributed by atoms with Crippen molar-refractivity contribution >= 4 is 5.69 Å². The van der Waals surface area contributed by atoms with Gasteiger partial charge in [0.1, 0.15) is 5.69 Å². The van der Waals surface area contributed by atoms with Gasteiger partial charge in [-0.05, 0) is 46.7 Å². The molecule has 1 aromatic rings. The van der Waals surface area contributed by atoms with Gasteiger partial charge in [0.05, 0.1) is 0 Å². The average Bonchev–Trinajstić information content (AvgIpc) is 2.68. The van der Waals surface area contributed by atoms with Gasteiger partial charge in [0.15, 0.2) is 0 Å². The molecule has 1 aliphatic heterocycles. The van der Waals surface area contributed by atoms with Gasteiger partial charge in [-0.1, -0.05) is 6.07 Å². The van der Waals surface area contributed by atoms with Crippen molar-refractivity contribution < 1.29 is 18.3 Å². The molecule has 108 valence electrons. The summed E-state index contributed by atoms with van der Waals surface area (Å²) in [6.45, 7) is 0.324. The summed E-state index contributed by atoms with van der Waals surface area (Å²) in [5, 5.41) is 12.2. The van der Waals surface area contributed by atoms with Crippen LogP contribution in [0.4, 0.5) is 18.9 Å². The molecule has 3 unspecified atom stereocenters. The largest absolute Gasteiger partial charge is 0.428 e. The van der Waals surface area contributed by atoms with Gasteiger partial charge in [0.25, 0.3) is 0 Å². The van der Waals surface area contributed by atoms with Crippen molar-refractivity contribution in [3.8, 4) is 0 Å². The molecule has 1 heterocycles. The number of aliphatic hydroxyl groups is 1. The molecule has 0 amide bonds. The minimum Gasteiger partial charge on any atom is -0.370 e. The van der Waals surface area contributed by atoms with Crippen LogP contribution in [-0.4, -0.2) is 35.5 Å². The van der Waals surface area contributed by atoms with Gasteiger partial charge >= 0.3 is 6.18 Å². The number of piperidine rings is 1. The fourth-order valence-electron chi connectivity index (χ4n) is 3.33. The molecule has 2 aliphatic rings. The summed E-state index contributed by atoms with van der Waals surface area (Å²) in [5.74, 6) is -0.107. The molecule has 2 bridgehead atoms. The monoisotopic (exact) mass is 286 g/mol. The second kappa shape index (κ2) is 4.53. The molecule has 1 fully saturated rings. The summed E-state index contributed by atoms with van der Waals surface area (Å²) in [6.07, 6.45) is -6.30. The lowest BCUT2D eigenvalue weighted by atomic mass is 9.95. The summed E-state index contributed by atoms with van der Waals surface area (Å²) in [7, 11) is 0. The summed E-state index contributed by atoms with van der Waals surface area (Å²) in [6, 6.07) is 4.99. The van der Waals surface area contributed by atoms with Gasteiger partial charge in [0.2, 0.25) is 6.23 Å². The molecular weight excluding hydrogens is 273 g/mol. The van der Waals surface area contributed by atoms with Gasteiger partial charge in [-0.25, -0.2) is 0 Å². The second-order valence-electron chi connectivity index (χ2n) is 5.40. The van der Waals surface area contributed by atoms with Crippen LogP contribution >= 0.6 is 0 Å². The Morgan fingerprint density at radius 3 is 2.50 bits per heavy atom. The normalized spacial score (nSPS) is 27.2. The Kier molecular flexibility index (Phi) is 3.06. The van der Waals surface area contributed by atoms with Crippen molar-refractivity contribution in [3.63, 3.8) is 0 Å². The van der Waals surface area contributed by atoms with Gasteiger partial charge in [-0.15, -0.1) is 4.91 Å². The van der Waals surface area contributed by atoms with Gasteiger partial charge in [-0.3, -0.25) is 4.90 Å². The maximum absolute atomic E-state index is 12.6. The minimum absolute atomic E-state index is 0.0264. The van der Waals surface area contributed by atoms with Crippen LogP contribution in [0.25, 0.3) is 0 Å². The molecule has 4 nitrogen and oxygen atoms in total. The van der Waals surface area contributed by atoms with Gasteiger partial charge in [-0.2, -0.15) is 13.2 Å². The third kappa shape index (κ3) is 2.10. The highest BCUT2D eigenvalue weighted by molar-refractivity contribution is 5.50. The zero-order valence-electron chi connectivity index (χ0n) is 10.5. The lowest BCUT2D eigenvalue weighted by molar-refractivity contribution is -0.253. The number of alkyl halides is 3. The number of hydrogen-bond acceptors (Lipinski definition) is 4. The van der Waals surface area contributed by atoms with Crippen molar-refractivity contribution in [2.45, 2.75) is 30.7 Å². The van der Waals surface area contributed by atoms with E-state index in [1.165, 1.54) is 0 Å². The van der Waals surface area contributed by atoms with Crippen LogP contribution in [0.5, 0.6) is 0 Å². The number of rotatable bonds is 2. The highest BCUT2D eigenvalue weighted by atomic mass is 19.4. The summed E-state index contributed by atoms with van der Waals surface area (Å²) in [4.78, 5) is 11.6.